The molecule has 1 atom stereocenters. The van der Waals surface area contributed by atoms with Gasteiger partial charge in [-0.25, -0.2) is 4.98 Å². The lowest BCUT2D eigenvalue weighted by atomic mass is 9.80. The van der Waals surface area contributed by atoms with E-state index in [0.29, 0.717) is 13.2 Å². The van der Waals surface area contributed by atoms with Crippen LogP contribution in [0.25, 0.3) is 0 Å². The highest BCUT2D eigenvalue weighted by molar-refractivity contribution is 6.60. The molecule has 2 fully saturated rings. The maximum atomic E-state index is 5.72. The maximum absolute atomic E-state index is 5.72. The minimum absolute atomic E-state index is 0.0909. The zero-order valence-corrected chi connectivity index (χ0v) is 11.0. The fourth-order valence-corrected chi connectivity index (χ4v) is 2.29. The van der Waals surface area contributed by atoms with Gasteiger partial charge in [-0.1, -0.05) is 13.8 Å². The standard InChI is InChI=1S/C12H19BN2O3/c1-12(2)7-17-13(18-8-12)10-6-15(9-14-10)11-4-3-5-16-11/h6,9,11H,3-5,7-8H2,1-2H3. The van der Waals surface area contributed by atoms with Gasteiger partial charge in [-0.05, 0) is 12.8 Å². The molecule has 1 aromatic rings. The molecule has 0 spiro atoms. The first-order chi connectivity index (χ1) is 8.64. The molecule has 6 heteroatoms. The molecule has 0 radical (unpaired) electrons. The lowest BCUT2D eigenvalue weighted by Gasteiger charge is -2.32. The highest BCUT2D eigenvalue weighted by Crippen LogP contribution is 2.23. The zero-order chi connectivity index (χ0) is 12.6. The van der Waals surface area contributed by atoms with Crippen LogP contribution in [0, 0.1) is 5.41 Å². The average Bonchev–Trinajstić information content (AvgIpc) is 2.99. The predicted molar refractivity (Wildman–Crippen MR) is 67.5 cm³/mol. The van der Waals surface area contributed by atoms with E-state index in [2.05, 4.69) is 18.8 Å². The van der Waals surface area contributed by atoms with E-state index >= 15 is 0 Å². The normalized spacial score (nSPS) is 27.7. The molecule has 2 aliphatic heterocycles. The topological polar surface area (TPSA) is 45.5 Å². The molecule has 0 N–H and O–H groups in total. The van der Waals surface area contributed by atoms with Crippen LogP contribution >= 0.6 is 0 Å². The van der Waals surface area contributed by atoms with E-state index in [9.17, 15) is 0 Å². The van der Waals surface area contributed by atoms with Crippen LogP contribution in [0.2, 0.25) is 0 Å². The number of ether oxygens (including phenoxy) is 1. The van der Waals surface area contributed by atoms with Gasteiger partial charge in [0.2, 0.25) is 0 Å². The van der Waals surface area contributed by atoms with Crippen LogP contribution in [0.3, 0.4) is 0 Å². The Bertz CT molecular complexity index is 405. The van der Waals surface area contributed by atoms with Gasteiger partial charge in [-0.3, -0.25) is 0 Å². The number of rotatable bonds is 2. The van der Waals surface area contributed by atoms with Crippen molar-refractivity contribution in [1.29, 1.82) is 0 Å². The van der Waals surface area contributed by atoms with E-state index < -0.39 is 0 Å². The first-order valence-electron chi connectivity index (χ1n) is 6.52. The summed E-state index contributed by atoms with van der Waals surface area (Å²) >= 11 is 0. The monoisotopic (exact) mass is 250 g/mol. The Hall–Kier alpha value is -0.845. The third-order valence-corrected chi connectivity index (χ3v) is 3.35. The molecule has 2 saturated heterocycles. The summed E-state index contributed by atoms with van der Waals surface area (Å²) < 4.78 is 19.1. The number of imidazole rings is 1. The van der Waals surface area contributed by atoms with E-state index in [1.54, 1.807) is 6.33 Å². The molecule has 0 saturated carbocycles. The van der Waals surface area contributed by atoms with Gasteiger partial charge < -0.3 is 18.6 Å². The van der Waals surface area contributed by atoms with Gasteiger partial charge >= 0.3 is 7.12 Å². The summed E-state index contributed by atoms with van der Waals surface area (Å²) in [5.41, 5.74) is 0.925. The van der Waals surface area contributed by atoms with E-state index in [-0.39, 0.29) is 18.8 Å². The molecule has 2 aliphatic rings. The summed E-state index contributed by atoms with van der Waals surface area (Å²) in [5.74, 6) is 0. The highest BCUT2D eigenvalue weighted by atomic mass is 16.6. The first-order valence-corrected chi connectivity index (χ1v) is 6.52. The van der Waals surface area contributed by atoms with E-state index in [4.69, 9.17) is 14.0 Å². The van der Waals surface area contributed by atoms with Gasteiger partial charge in [0.1, 0.15) is 6.23 Å². The largest absolute Gasteiger partial charge is 0.515 e. The summed E-state index contributed by atoms with van der Waals surface area (Å²) in [6, 6.07) is 0. The van der Waals surface area contributed by atoms with Crippen LogP contribution in [-0.4, -0.2) is 36.5 Å². The summed E-state index contributed by atoms with van der Waals surface area (Å²) in [6.45, 7) is 6.50. The molecule has 1 unspecified atom stereocenters. The number of hydrogen-bond donors (Lipinski definition) is 0. The molecule has 0 bridgehead atoms. The van der Waals surface area contributed by atoms with Crippen molar-refractivity contribution in [2.45, 2.75) is 32.9 Å². The SMILES string of the molecule is CC1(C)COB(c2cn(C3CCCO3)cn2)OC1. The van der Waals surface area contributed by atoms with Gasteiger partial charge in [0.25, 0.3) is 0 Å². The molecule has 3 heterocycles. The van der Waals surface area contributed by atoms with E-state index in [1.807, 2.05) is 10.8 Å². The lowest BCUT2D eigenvalue weighted by molar-refractivity contribution is 0.0339. The van der Waals surface area contributed by atoms with Crippen LogP contribution in [0.4, 0.5) is 0 Å². The molecule has 5 nitrogen and oxygen atoms in total. The van der Waals surface area contributed by atoms with Crippen LogP contribution in [0.15, 0.2) is 12.5 Å². The van der Waals surface area contributed by atoms with E-state index in [0.717, 1.165) is 25.0 Å². The van der Waals surface area contributed by atoms with Crippen molar-refractivity contribution >= 4 is 12.7 Å². The van der Waals surface area contributed by atoms with Gasteiger partial charge in [0, 0.05) is 31.4 Å². The van der Waals surface area contributed by atoms with Crippen LogP contribution < -0.4 is 5.59 Å². The molecule has 1 aromatic heterocycles. The Morgan fingerprint density at radius 1 is 1.39 bits per heavy atom. The minimum Gasteiger partial charge on any atom is -0.406 e. The molecule has 18 heavy (non-hydrogen) atoms. The van der Waals surface area contributed by atoms with Crippen molar-refractivity contribution in [1.82, 2.24) is 9.55 Å². The predicted octanol–water partition coefficient (Wildman–Crippen LogP) is 0.960. The molecule has 0 aliphatic carbocycles. The average molecular weight is 250 g/mol. The summed E-state index contributed by atoms with van der Waals surface area (Å²) in [4.78, 5) is 4.37. The number of nitrogens with zero attached hydrogens (tertiary/aromatic N) is 2. The molecular formula is C12H19BN2O3. The fraction of sp³-hybridized carbons (Fsp3) is 0.750. The van der Waals surface area contributed by atoms with Crippen molar-refractivity contribution in [3.05, 3.63) is 12.5 Å². The molecule has 3 rings (SSSR count). The minimum atomic E-state index is -0.333. The Kier molecular flexibility index (Phi) is 3.17. The second-order valence-electron chi connectivity index (χ2n) is 5.83. The van der Waals surface area contributed by atoms with Crippen LogP contribution in [0.1, 0.15) is 32.9 Å². The Balaban J connectivity index is 1.66. The third kappa shape index (κ3) is 2.46. The first kappa shape index (κ1) is 12.2. The summed E-state index contributed by atoms with van der Waals surface area (Å²) in [5, 5.41) is 0. The van der Waals surface area contributed by atoms with Crippen molar-refractivity contribution < 1.29 is 14.0 Å². The second kappa shape index (κ2) is 4.68. The van der Waals surface area contributed by atoms with Gasteiger partial charge in [0.15, 0.2) is 0 Å². The van der Waals surface area contributed by atoms with Crippen molar-refractivity contribution in [2.24, 2.45) is 5.41 Å². The van der Waals surface area contributed by atoms with Crippen LogP contribution in [-0.2, 0) is 14.0 Å². The fourth-order valence-electron chi connectivity index (χ4n) is 2.29. The third-order valence-electron chi connectivity index (χ3n) is 3.35. The Morgan fingerprint density at radius 3 is 2.83 bits per heavy atom. The zero-order valence-electron chi connectivity index (χ0n) is 11.0. The highest BCUT2D eigenvalue weighted by Gasteiger charge is 2.35. The second-order valence-corrected chi connectivity index (χ2v) is 5.83. The smallest absolute Gasteiger partial charge is 0.406 e. The van der Waals surface area contributed by atoms with Gasteiger partial charge in [0.05, 0.1) is 11.9 Å². The summed E-state index contributed by atoms with van der Waals surface area (Å²) in [6.07, 6.45) is 6.07. The summed E-state index contributed by atoms with van der Waals surface area (Å²) in [7, 11) is -0.333. The molecule has 0 aromatic carbocycles. The van der Waals surface area contributed by atoms with Crippen LogP contribution in [0.5, 0.6) is 0 Å². The van der Waals surface area contributed by atoms with Crippen molar-refractivity contribution in [3.63, 3.8) is 0 Å². The molecule has 98 valence electrons. The van der Waals surface area contributed by atoms with Gasteiger partial charge in [-0.15, -0.1) is 0 Å². The van der Waals surface area contributed by atoms with Crippen molar-refractivity contribution in [3.8, 4) is 0 Å². The Labute approximate surface area is 108 Å². The number of hydrogen-bond acceptors (Lipinski definition) is 4. The molecule has 0 amide bonds. The van der Waals surface area contributed by atoms with E-state index in [1.165, 1.54) is 0 Å². The van der Waals surface area contributed by atoms with Gasteiger partial charge in [-0.2, -0.15) is 0 Å². The Morgan fingerprint density at radius 2 is 2.17 bits per heavy atom. The van der Waals surface area contributed by atoms with Crippen molar-refractivity contribution in [2.75, 3.05) is 19.8 Å². The lowest BCUT2D eigenvalue weighted by Crippen LogP contribution is -2.47. The number of aromatic nitrogens is 2. The quantitative estimate of drug-likeness (QED) is 0.733. The maximum Gasteiger partial charge on any atom is 0.515 e. The molecular weight excluding hydrogens is 231 g/mol.